The smallest absolute Gasteiger partial charge is 0.354 e. The molecule has 1 unspecified atom stereocenters. The summed E-state index contributed by atoms with van der Waals surface area (Å²) < 4.78 is 0. The van der Waals surface area contributed by atoms with Gasteiger partial charge >= 0.3 is 5.97 Å². The molecule has 1 atom stereocenters. The maximum Gasteiger partial charge on any atom is 0.354 e. The van der Waals surface area contributed by atoms with Crippen molar-refractivity contribution in [3.8, 4) is 0 Å². The SMILES string of the molecule is CC(C)C(=O)NCC1CCCN(C(=O)c2cccc(C(=O)O)n2)C1. The van der Waals surface area contributed by atoms with Crippen LogP contribution in [-0.2, 0) is 4.79 Å². The van der Waals surface area contributed by atoms with Crippen molar-refractivity contribution in [2.75, 3.05) is 19.6 Å². The van der Waals surface area contributed by atoms with E-state index in [9.17, 15) is 14.4 Å². The molecule has 0 radical (unpaired) electrons. The summed E-state index contributed by atoms with van der Waals surface area (Å²) in [6.07, 6.45) is 1.80. The Morgan fingerprint density at radius 1 is 1.33 bits per heavy atom. The minimum absolute atomic E-state index is 0.00859. The molecule has 1 aromatic heterocycles. The highest BCUT2D eigenvalue weighted by molar-refractivity contribution is 5.94. The lowest BCUT2D eigenvalue weighted by molar-refractivity contribution is -0.124. The average Bonchev–Trinajstić information content (AvgIpc) is 2.59. The van der Waals surface area contributed by atoms with Gasteiger partial charge in [-0.25, -0.2) is 9.78 Å². The summed E-state index contributed by atoms with van der Waals surface area (Å²) in [6.45, 7) is 5.38. The number of nitrogens with one attached hydrogen (secondary N) is 1. The molecule has 1 aromatic rings. The van der Waals surface area contributed by atoms with Crippen LogP contribution in [-0.4, -0.2) is 52.4 Å². The van der Waals surface area contributed by atoms with Gasteiger partial charge in [0.25, 0.3) is 5.91 Å². The van der Waals surface area contributed by atoms with Crippen LogP contribution in [0.25, 0.3) is 0 Å². The summed E-state index contributed by atoms with van der Waals surface area (Å²) in [6, 6.07) is 4.41. The first-order valence-corrected chi connectivity index (χ1v) is 8.15. The number of nitrogens with zero attached hydrogens (tertiary/aromatic N) is 2. The first kappa shape index (κ1) is 17.9. The number of carbonyl (C=O) groups is 3. The maximum atomic E-state index is 12.5. The summed E-state index contributed by atoms with van der Waals surface area (Å²) in [4.78, 5) is 40.8. The van der Waals surface area contributed by atoms with Gasteiger partial charge in [0, 0.05) is 25.6 Å². The van der Waals surface area contributed by atoms with Crippen LogP contribution in [0, 0.1) is 11.8 Å². The summed E-state index contributed by atoms with van der Waals surface area (Å²) in [7, 11) is 0. The lowest BCUT2D eigenvalue weighted by Crippen LogP contribution is -2.44. The van der Waals surface area contributed by atoms with Crippen molar-refractivity contribution in [1.82, 2.24) is 15.2 Å². The van der Waals surface area contributed by atoms with Crippen molar-refractivity contribution < 1.29 is 19.5 Å². The topological polar surface area (TPSA) is 99.6 Å². The molecule has 7 heteroatoms. The van der Waals surface area contributed by atoms with Crippen LogP contribution in [0.4, 0.5) is 0 Å². The zero-order valence-corrected chi connectivity index (χ0v) is 14.0. The summed E-state index contributed by atoms with van der Waals surface area (Å²) in [5.41, 5.74) is 0.000345. The van der Waals surface area contributed by atoms with Crippen molar-refractivity contribution in [3.05, 3.63) is 29.6 Å². The molecule has 0 aliphatic carbocycles. The van der Waals surface area contributed by atoms with Gasteiger partial charge in [0.15, 0.2) is 0 Å². The molecule has 1 saturated heterocycles. The zero-order chi connectivity index (χ0) is 17.7. The quantitative estimate of drug-likeness (QED) is 0.848. The van der Waals surface area contributed by atoms with E-state index in [1.807, 2.05) is 13.8 Å². The fraction of sp³-hybridized carbons (Fsp3) is 0.529. The molecule has 2 rings (SSSR count). The zero-order valence-electron chi connectivity index (χ0n) is 14.0. The molecular weight excluding hydrogens is 310 g/mol. The molecule has 1 aliphatic rings. The third-order valence-corrected chi connectivity index (χ3v) is 4.08. The van der Waals surface area contributed by atoms with Crippen molar-refractivity contribution in [2.24, 2.45) is 11.8 Å². The molecule has 2 heterocycles. The number of hydrogen-bond donors (Lipinski definition) is 2. The Labute approximate surface area is 141 Å². The first-order valence-electron chi connectivity index (χ1n) is 8.15. The standard InChI is InChI=1S/C17H23N3O4/c1-11(2)15(21)18-9-12-5-4-8-20(10-12)16(22)13-6-3-7-14(19-13)17(23)24/h3,6-7,11-12H,4-5,8-10H2,1-2H3,(H,18,21)(H,23,24). The van der Waals surface area contributed by atoms with Crippen LogP contribution >= 0.6 is 0 Å². The van der Waals surface area contributed by atoms with Gasteiger partial charge in [0.05, 0.1) is 0 Å². The minimum atomic E-state index is -1.16. The second kappa shape index (κ2) is 7.90. The molecule has 2 N–H and O–H groups in total. The minimum Gasteiger partial charge on any atom is -0.477 e. The molecule has 1 aliphatic heterocycles. The number of hydrogen-bond acceptors (Lipinski definition) is 4. The van der Waals surface area contributed by atoms with Crippen LogP contribution in [0.15, 0.2) is 18.2 Å². The Bertz CT molecular complexity index is 630. The number of carbonyl (C=O) groups excluding carboxylic acids is 2. The molecule has 2 amide bonds. The lowest BCUT2D eigenvalue weighted by atomic mass is 9.97. The maximum absolute atomic E-state index is 12.5. The van der Waals surface area contributed by atoms with E-state index < -0.39 is 5.97 Å². The van der Waals surface area contributed by atoms with E-state index in [0.717, 1.165) is 12.8 Å². The van der Waals surface area contributed by atoms with Crippen LogP contribution in [0.2, 0.25) is 0 Å². The van der Waals surface area contributed by atoms with E-state index in [0.29, 0.717) is 19.6 Å². The summed E-state index contributed by atoms with van der Waals surface area (Å²) in [5.74, 6) is -1.27. The molecule has 0 bridgehead atoms. The van der Waals surface area contributed by atoms with E-state index in [4.69, 9.17) is 5.11 Å². The highest BCUT2D eigenvalue weighted by atomic mass is 16.4. The molecule has 1 fully saturated rings. The number of carboxylic acid groups (broad SMARTS) is 1. The summed E-state index contributed by atoms with van der Waals surface area (Å²) in [5, 5.41) is 11.9. The van der Waals surface area contributed by atoms with E-state index in [1.165, 1.54) is 18.2 Å². The molecule has 0 spiro atoms. The second-order valence-electron chi connectivity index (χ2n) is 6.37. The average molecular weight is 333 g/mol. The Morgan fingerprint density at radius 3 is 2.71 bits per heavy atom. The van der Waals surface area contributed by atoms with Crippen LogP contribution in [0.3, 0.4) is 0 Å². The van der Waals surface area contributed by atoms with Crippen LogP contribution in [0.5, 0.6) is 0 Å². The molecule has 7 nitrogen and oxygen atoms in total. The van der Waals surface area contributed by atoms with Gasteiger partial charge in [-0.1, -0.05) is 19.9 Å². The van der Waals surface area contributed by atoms with Gasteiger partial charge in [-0.2, -0.15) is 0 Å². The molecular formula is C17H23N3O4. The molecule has 24 heavy (non-hydrogen) atoms. The highest BCUT2D eigenvalue weighted by Gasteiger charge is 2.26. The molecule has 0 aromatic carbocycles. The van der Waals surface area contributed by atoms with E-state index >= 15 is 0 Å². The number of aromatic nitrogens is 1. The van der Waals surface area contributed by atoms with E-state index in [1.54, 1.807) is 4.90 Å². The number of amides is 2. The van der Waals surface area contributed by atoms with Crippen molar-refractivity contribution in [1.29, 1.82) is 0 Å². The third-order valence-electron chi connectivity index (χ3n) is 4.08. The number of pyridine rings is 1. The predicted molar refractivity (Wildman–Crippen MR) is 87.7 cm³/mol. The Kier molecular flexibility index (Phi) is 5.89. The fourth-order valence-electron chi connectivity index (χ4n) is 2.70. The fourth-order valence-corrected chi connectivity index (χ4v) is 2.70. The first-order chi connectivity index (χ1) is 11.4. The lowest BCUT2D eigenvalue weighted by Gasteiger charge is -2.32. The van der Waals surface area contributed by atoms with Gasteiger partial charge in [0.2, 0.25) is 5.91 Å². The highest BCUT2D eigenvalue weighted by Crippen LogP contribution is 2.18. The van der Waals surface area contributed by atoms with E-state index in [2.05, 4.69) is 10.3 Å². The van der Waals surface area contributed by atoms with Gasteiger partial charge in [0.1, 0.15) is 11.4 Å². The van der Waals surface area contributed by atoms with Crippen molar-refractivity contribution in [2.45, 2.75) is 26.7 Å². The van der Waals surface area contributed by atoms with E-state index in [-0.39, 0.29) is 35.0 Å². The number of piperidine rings is 1. The van der Waals surface area contributed by atoms with Gasteiger partial charge < -0.3 is 15.3 Å². The van der Waals surface area contributed by atoms with Crippen molar-refractivity contribution >= 4 is 17.8 Å². The van der Waals surface area contributed by atoms with Crippen LogP contribution in [0.1, 0.15) is 47.7 Å². The van der Waals surface area contributed by atoms with Gasteiger partial charge in [-0.05, 0) is 30.9 Å². The number of aromatic carboxylic acids is 1. The monoisotopic (exact) mass is 333 g/mol. The molecule has 0 saturated carbocycles. The van der Waals surface area contributed by atoms with Crippen LogP contribution < -0.4 is 5.32 Å². The largest absolute Gasteiger partial charge is 0.477 e. The predicted octanol–water partition coefficient (Wildman–Crippen LogP) is 1.40. The number of carboxylic acids is 1. The van der Waals surface area contributed by atoms with Crippen molar-refractivity contribution in [3.63, 3.8) is 0 Å². The third kappa shape index (κ3) is 4.53. The Hall–Kier alpha value is -2.44. The summed E-state index contributed by atoms with van der Waals surface area (Å²) >= 11 is 0. The molecule has 130 valence electrons. The Morgan fingerprint density at radius 2 is 2.04 bits per heavy atom. The van der Waals surface area contributed by atoms with Gasteiger partial charge in [-0.3, -0.25) is 9.59 Å². The second-order valence-corrected chi connectivity index (χ2v) is 6.37. The normalized spacial score (nSPS) is 17.6. The van der Waals surface area contributed by atoms with Gasteiger partial charge in [-0.15, -0.1) is 0 Å². The number of rotatable bonds is 5. The Balaban J connectivity index is 1.98. The number of likely N-dealkylation sites (tertiary alicyclic amines) is 1.